The summed E-state index contributed by atoms with van der Waals surface area (Å²) in [6, 6.07) is 0. The van der Waals surface area contributed by atoms with Crippen molar-refractivity contribution >= 4 is 30.3 Å². The van der Waals surface area contributed by atoms with Crippen LogP contribution in [0, 0.1) is 5.92 Å². The number of hydrogen-bond acceptors (Lipinski definition) is 5. The molecular weight excluding hydrogens is 238 g/mol. The first-order valence-electron chi connectivity index (χ1n) is 4.62. The van der Waals surface area contributed by atoms with Gasteiger partial charge >= 0.3 is 5.97 Å². The van der Waals surface area contributed by atoms with Gasteiger partial charge in [0.2, 0.25) is 0 Å². The number of nitrogens with one attached hydrogen (secondary N) is 1. The lowest BCUT2D eigenvalue weighted by Crippen LogP contribution is -2.48. The molecule has 86 valence electrons. The fourth-order valence-electron chi connectivity index (χ4n) is 1.68. The molecule has 0 spiro atoms. The van der Waals surface area contributed by atoms with Gasteiger partial charge < -0.3 is 5.11 Å². The molecule has 0 aromatic carbocycles. The van der Waals surface area contributed by atoms with E-state index < -0.39 is 5.97 Å². The highest BCUT2D eigenvalue weighted by Gasteiger charge is 2.27. The van der Waals surface area contributed by atoms with Crippen LogP contribution in [0.1, 0.15) is 12.8 Å². The minimum atomic E-state index is -0.663. The van der Waals surface area contributed by atoms with Crippen molar-refractivity contribution in [1.82, 2.24) is 15.0 Å². The van der Waals surface area contributed by atoms with Crippen LogP contribution in [0.15, 0.2) is 11.6 Å². The van der Waals surface area contributed by atoms with E-state index in [0.29, 0.717) is 0 Å². The van der Waals surface area contributed by atoms with Crippen LogP contribution < -0.4 is 4.83 Å². The lowest BCUT2D eigenvalue weighted by Gasteiger charge is -2.35. The molecule has 0 atom stereocenters. The molecule has 2 heterocycles. The normalized spacial score (nSPS) is 22.8. The maximum Gasteiger partial charge on any atom is 0.306 e. The number of hydrazine groups is 2. The van der Waals surface area contributed by atoms with Crippen LogP contribution in [0.5, 0.6) is 0 Å². The van der Waals surface area contributed by atoms with E-state index in [9.17, 15) is 4.79 Å². The Morgan fingerprint density at radius 1 is 1.47 bits per heavy atom. The Balaban J connectivity index is 0.00000112. The van der Waals surface area contributed by atoms with Gasteiger partial charge in [-0.2, -0.15) is 4.83 Å². The standard InChI is InChI=1S/C8H13N3O2S.ClH/c12-8(13)7-1-3-10(4-2-7)11-5-6-14-9-11;/h5-7,9H,1-4H2,(H,12,13);1H. The summed E-state index contributed by atoms with van der Waals surface area (Å²) < 4.78 is 0. The molecule has 0 bridgehead atoms. The van der Waals surface area contributed by atoms with E-state index in [-0.39, 0.29) is 18.3 Å². The number of carboxylic acid groups (broad SMARTS) is 1. The zero-order valence-electron chi connectivity index (χ0n) is 8.13. The van der Waals surface area contributed by atoms with E-state index in [0.717, 1.165) is 25.9 Å². The molecule has 1 fully saturated rings. The smallest absolute Gasteiger partial charge is 0.306 e. The Kier molecular flexibility index (Phi) is 4.72. The number of hydrogen-bond donors (Lipinski definition) is 2. The molecule has 7 heteroatoms. The van der Waals surface area contributed by atoms with Crippen LogP contribution in [0.2, 0.25) is 0 Å². The highest BCUT2D eigenvalue weighted by atomic mass is 35.5. The van der Waals surface area contributed by atoms with Crippen molar-refractivity contribution in [3.8, 4) is 0 Å². The molecule has 15 heavy (non-hydrogen) atoms. The van der Waals surface area contributed by atoms with Crippen molar-refractivity contribution in [3.63, 3.8) is 0 Å². The summed E-state index contributed by atoms with van der Waals surface area (Å²) in [6.07, 6.45) is 3.41. The SMILES string of the molecule is Cl.O=C(O)C1CCN(N2C=CSN2)CC1. The molecule has 5 nitrogen and oxygen atoms in total. The van der Waals surface area contributed by atoms with Gasteiger partial charge in [-0.3, -0.25) is 4.79 Å². The van der Waals surface area contributed by atoms with Crippen LogP contribution in [0.3, 0.4) is 0 Å². The Morgan fingerprint density at radius 2 is 2.13 bits per heavy atom. The Bertz CT molecular complexity index is 256. The van der Waals surface area contributed by atoms with E-state index in [4.69, 9.17) is 5.11 Å². The lowest BCUT2D eigenvalue weighted by molar-refractivity contribution is -0.145. The van der Waals surface area contributed by atoms with Gasteiger partial charge in [-0.05, 0) is 24.8 Å². The largest absolute Gasteiger partial charge is 0.481 e. The molecular formula is C8H14ClN3O2S. The van der Waals surface area contributed by atoms with Gasteiger partial charge in [-0.1, -0.05) is 0 Å². The van der Waals surface area contributed by atoms with E-state index in [2.05, 4.69) is 9.84 Å². The first-order valence-corrected chi connectivity index (χ1v) is 5.50. The van der Waals surface area contributed by atoms with Crippen molar-refractivity contribution in [2.75, 3.05) is 13.1 Å². The van der Waals surface area contributed by atoms with Gasteiger partial charge in [0.05, 0.1) is 5.92 Å². The Hall–Kier alpha value is -0.430. The maximum absolute atomic E-state index is 10.7. The summed E-state index contributed by atoms with van der Waals surface area (Å²) in [4.78, 5) is 13.8. The molecule has 1 saturated heterocycles. The predicted molar refractivity (Wildman–Crippen MR) is 60.9 cm³/mol. The molecule has 0 amide bonds. The molecule has 0 aromatic rings. The molecule has 0 unspecified atom stereocenters. The van der Waals surface area contributed by atoms with Gasteiger partial charge in [0.15, 0.2) is 0 Å². The number of carbonyl (C=O) groups is 1. The summed E-state index contributed by atoms with van der Waals surface area (Å²) in [5, 5.41) is 14.8. The molecule has 0 radical (unpaired) electrons. The number of aliphatic carboxylic acids is 1. The van der Waals surface area contributed by atoms with E-state index >= 15 is 0 Å². The second-order valence-electron chi connectivity index (χ2n) is 3.41. The van der Waals surface area contributed by atoms with Crippen molar-refractivity contribution < 1.29 is 9.90 Å². The monoisotopic (exact) mass is 251 g/mol. The molecule has 2 N–H and O–H groups in total. The van der Waals surface area contributed by atoms with Crippen molar-refractivity contribution in [2.45, 2.75) is 12.8 Å². The van der Waals surface area contributed by atoms with Gasteiger partial charge in [0, 0.05) is 24.7 Å². The summed E-state index contributed by atoms with van der Waals surface area (Å²) in [5.41, 5.74) is 0. The second kappa shape index (κ2) is 5.60. The molecule has 2 rings (SSSR count). The average Bonchev–Trinajstić information content (AvgIpc) is 2.71. The average molecular weight is 252 g/mol. The molecule has 0 aliphatic carbocycles. The third-order valence-corrected chi connectivity index (χ3v) is 3.09. The summed E-state index contributed by atoms with van der Waals surface area (Å²) >= 11 is 1.52. The third kappa shape index (κ3) is 3.01. The number of piperidine rings is 1. The highest BCUT2D eigenvalue weighted by molar-refractivity contribution is 8.00. The molecule has 2 aliphatic heterocycles. The number of halogens is 1. The van der Waals surface area contributed by atoms with Crippen LogP contribution in [0.25, 0.3) is 0 Å². The quantitative estimate of drug-likeness (QED) is 0.716. The number of rotatable bonds is 2. The topological polar surface area (TPSA) is 55.8 Å². The molecule has 2 aliphatic rings. The van der Waals surface area contributed by atoms with Gasteiger partial charge in [-0.25, -0.2) is 10.1 Å². The highest BCUT2D eigenvalue weighted by Crippen LogP contribution is 2.20. The second-order valence-corrected chi connectivity index (χ2v) is 4.10. The summed E-state index contributed by atoms with van der Waals surface area (Å²) in [7, 11) is 0. The van der Waals surface area contributed by atoms with Gasteiger partial charge in [0.1, 0.15) is 0 Å². The van der Waals surface area contributed by atoms with Crippen LogP contribution in [0.4, 0.5) is 0 Å². The Morgan fingerprint density at radius 3 is 2.60 bits per heavy atom. The molecule has 0 saturated carbocycles. The van der Waals surface area contributed by atoms with E-state index in [1.807, 2.05) is 16.7 Å². The first-order chi connectivity index (χ1) is 6.77. The predicted octanol–water partition coefficient (Wildman–Crippen LogP) is 1.06. The zero-order chi connectivity index (χ0) is 9.97. The van der Waals surface area contributed by atoms with E-state index in [1.165, 1.54) is 11.9 Å². The minimum Gasteiger partial charge on any atom is -0.481 e. The number of nitrogens with zero attached hydrogens (tertiary/aromatic N) is 2. The fourth-order valence-corrected chi connectivity index (χ4v) is 2.20. The zero-order valence-corrected chi connectivity index (χ0v) is 9.76. The first kappa shape index (κ1) is 12.6. The third-order valence-electron chi connectivity index (χ3n) is 2.54. The summed E-state index contributed by atoms with van der Waals surface area (Å²) in [6.45, 7) is 1.60. The molecule has 0 aromatic heterocycles. The minimum absolute atomic E-state index is 0. The van der Waals surface area contributed by atoms with Crippen molar-refractivity contribution in [2.24, 2.45) is 5.92 Å². The van der Waals surface area contributed by atoms with Gasteiger partial charge in [-0.15, -0.1) is 12.4 Å². The van der Waals surface area contributed by atoms with Crippen LogP contribution in [-0.2, 0) is 4.79 Å². The summed E-state index contributed by atoms with van der Waals surface area (Å²) in [5.74, 6) is -0.825. The van der Waals surface area contributed by atoms with Crippen LogP contribution in [-0.4, -0.2) is 34.3 Å². The van der Waals surface area contributed by atoms with Crippen molar-refractivity contribution in [3.05, 3.63) is 11.6 Å². The van der Waals surface area contributed by atoms with Crippen molar-refractivity contribution in [1.29, 1.82) is 0 Å². The Labute approximate surface area is 99.0 Å². The van der Waals surface area contributed by atoms with Gasteiger partial charge in [0.25, 0.3) is 0 Å². The number of carboxylic acids is 1. The maximum atomic E-state index is 10.7. The van der Waals surface area contributed by atoms with Crippen LogP contribution >= 0.6 is 24.4 Å². The van der Waals surface area contributed by atoms with E-state index in [1.54, 1.807) is 0 Å². The fraction of sp³-hybridized carbons (Fsp3) is 0.625. The lowest BCUT2D eigenvalue weighted by atomic mass is 9.98.